The molecule has 0 radical (unpaired) electrons. The van der Waals surface area contributed by atoms with Crippen LogP contribution >= 0.6 is 0 Å². The predicted molar refractivity (Wildman–Crippen MR) is 159 cm³/mol. The molecule has 2 aliphatic rings. The maximum atomic E-state index is 12.5. The number of hydrogen-bond donors (Lipinski definition) is 0. The smallest absolute Gasteiger partial charge is 0.410 e. The summed E-state index contributed by atoms with van der Waals surface area (Å²) in [6.45, 7) is 2.96. The summed E-state index contributed by atoms with van der Waals surface area (Å²) >= 11 is 0. The van der Waals surface area contributed by atoms with E-state index >= 15 is 0 Å². The van der Waals surface area contributed by atoms with Crippen molar-refractivity contribution in [1.29, 1.82) is 0 Å². The lowest BCUT2D eigenvalue weighted by Crippen LogP contribution is -2.44. The third kappa shape index (κ3) is 7.42. The van der Waals surface area contributed by atoms with Gasteiger partial charge in [-0.05, 0) is 68.4 Å². The number of fused-ring (bicyclic) bond motifs is 1. The number of benzene rings is 3. The van der Waals surface area contributed by atoms with Crippen LogP contribution < -0.4 is 9.47 Å². The zero-order valence-corrected chi connectivity index (χ0v) is 25.1. The van der Waals surface area contributed by atoms with Crippen LogP contribution in [0.4, 0.5) is 4.79 Å². The van der Waals surface area contributed by atoms with Crippen molar-refractivity contribution in [3.63, 3.8) is 0 Å². The highest BCUT2D eigenvalue weighted by molar-refractivity contribution is 7.90. The molecule has 224 valence electrons. The predicted octanol–water partition coefficient (Wildman–Crippen LogP) is 4.98. The van der Waals surface area contributed by atoms with Gasteiger partial charge in [0.15, 0.2) is 9.84 Å². The van der Waals surface area contributed by atoms with Crippen molar-refractivity contribution < 1.29 is 32.2 Å². The summed E-state index contributed by atoms with van der Waals surface area (Å²) in [7, 11) is 0.535. The topological polar surface area (TPSA) is 94.6 Å². The Bertz CT molecular complexity index is 1490. The van der Waals surface area contributed by atoms with Crippen LogP contribution in [-0.2, 0) is 32.5 Å². The minimum Gasteiger partial charge on any atom is -0.492 e. The number of carbonyl (C=O) groups is 1. The lowest BCUT2D eigenvalue weighted by Gasteiger charge is -2.37. The number of rotatable bonds is 9. The van der Waals surface area contributed by atoms with E-state index in [-0.39, 0.29) is 29.8 Å². The van der Waals surface area contributed by atoms with Crippen LogP contribution in [0.3, 0.4) is 0 Å². The molecule has 42 heavy (non-hydrogen) atoms. The van der Waals surface area contributed by atoms with E-state index in [4.69, 9.17) is 18.9 Å². The zero-order valence-electron chi connectivity index (χ0n) is 24.3. The van der Waals surface area contributed by atoms with Gasteiger partial charge in [-0.15, -0.1) is 0 Å². The Kier molecular flexibility index (Phi) is 9.35. The van der Waals surface area contributed by atoms with Crippen LogP contribution in [0, 0.1) is 5.92 Å². The molecule has 10 heteroatoms. The normalized spacial score (nSPS) is 17.4. The Labute approximate surface area is 247 Å². The van der Waals surface area contributed by atoms with Gasteiger partial charge in [-0.1, -0.05) is 36.4 Å². The number of likely N-dealkylation sites (tertiary alicyclic amines) is 1. The second kappa shape index (κ2) is 13.1. The Morgan fingerprint density at radius 3 is 2.50 bits per heavy atom. The molecule has 1 saturated heterocycles. The number of amides is 1. The minimum atomic E-state index is -3.38. The summed E-state index contributed by atoms with van der Waals surface area (Å²) < 4.78 is 48.3. The largest absolute Gasteiger partial charge is 0.492 e. The number of ether oxygens (including phenoxy) is 4. The van der Waals surface area contributed by atoms with E-state index in [9.17, 15) is 13.2 Å². The molecule has 0 N–H and O–H groups in total. The average Bonchev–Trinajstić information content (AvgIpc) is 2.99. The van der Waals surface area contributed by atoms with Crippen LogP contribution in [0.2, 0.25) is 0 Å². The van der Waals surface area contributed by atoms with Crippen molar-refractivity contribution in [3.05, 3.63) is 77.9 Å². The van der Waals surface area contributed by atoms with E-state index in [0.29, 0.717) is 38.6 Å². The van der Waals surface area contributed by atoms with E-state index in [0.717, 1.165) is 40.8 Å². The summed E-state index contributed by atoms with van der Waals surface area (Å²) in [6, 6.07) is 20.5. The van der Waals surface area contributed by atoms with Crippen LogP contribution in [0.15, 0.2) is 71.6 Å². The standard InChI is InChI=1S/C32H38N2O7S/c1-33(2)17-18-38-30-20-27(42(3,36)37)10-11-28(30)25-9-12-29-26(19-25)22-39-31(41-29)24-13-15-34(16-14-24)32(35)40-21-23-7-5-4-6-8-23/h4-12,19-20,24,31H,13-18,21-22H2,1-3H3. The third-order valence-corrected chi connectivity index (χ3v) is 8.69. The highest BCUT2D eigenvalue weighted by atomic mass is 32.2. The molecule has 3 aromatic carbocycles. The van der Waals surface area contributed by atoms with Gasteiger partial charge in [-0.2, -0.15) is 0 Å². The molecule has 1 unspecified atom stereocenters. The van der Waals surface area contributed by atoms with Gasteiger partial charge in [0, 0.05) is 42.9 Å². The number of nitrogens with zero attached hydrogens (tertiary/aromatic N) is 2. The monoisotopic (exact) mass is 594 g/mol. The summed E-state index contributed by atoms with van der Waals surface area (Å²) in [4.78, 5) is 16.5. The first-order valence-electron chi connectivity index (χ1n) is 14.2. The Morgan fingerprint density at radius 2 is 1.79 bits per heavy atom. The van der Waals surface area contributed by atoms with Gasteiger partial charge in [0.25, 0.3) is 0 Å². The van der Waals surface area contributed by atoms with Gasteiger partial charge in [0.1, 0.15) is 24.7 Å². The number of piperidine rings is 1. The van der Waals surface area contributed by atoms with Crippen molar-refractivity contribution in [3.8, 4) is 22.6 Å². The molecule has 2 aliphatic heterocycles. The summed E-state index contributed by atoms with van der Waals surface area (Å²) in [6.07, 6.45) is 2.04. The molecular weight excluding hydrogens is 556 g/mol. The van der Waals surface area contributed by atoms with Crippen LogP contribution in [0.1, 0.15) is 24.0 Å². The van der Waals surface area contributed by atoms with Gasteiger partial charge in [-0.3, -0.25) is 0 Å². The van der Waals surface area contributed by atoms with Gasteiger partial charge in [0.2, 0.25) is 6.29 Å². The summed E-state index contributed by atoms with van der Waals surface area (Å²) in [5.74, 6) is 1.45. The average molecular weight is 595 g/mol. The fraction of sp³-hybridized carbons (Fsp3) is 0.406. The molecule has 0 spiro atoms. The molecule has 5 rings (SSSR count). The van der Waals surface area contributed by atoms with Crippen molar-refractivity contribution >= 4 is 15.9 Å². The number of sulfone groups is 1. The highest BCUT2D eigenvalue weighted by Crippen LogP contribution is 2.38. The minimum absolute atomic E-state index is 0.163. The molecule has 1 atom stereocenters. The molecule has 1 amide bonds. The highest BCUT2D eigenvalue weighted by Gasteiger charge is 2.33. The van der Waals surface area contributed by atoms with Crippen molar-refractivity contribution in [2.75, 3.05) is 46.6 Å². The Balaban J connectivity index is 1.21. The van der Waals surface area contributed by atoms with Gasteiger partial charge in [0.05, 0.1) is 11.5 Å². The summed E-state index contributed by atoms with van der Waals surface area (Å²) in [5.41, 5.74) is 3.57. The van der Waals surface area contributed by atoms with Gasteiger partial charge in [-0.25, -0.2) is 13.2 Å². The Hall–Kier alpha value is -3.60. The van der Waals surface area contributed by atoms with Crippen molar-refractivity contribution in [1.82, 2.24) is 9.80 Å². The second-order valence-electron chi connectivity index (χ2n) is 11.1. The van der Waals surface area contributed by atoms with Crippen molar-refractivity contribution in [2.45, 2.75) is 37.2 Å². The SMILES string of the molecule is CN(C)CCOc1cc(S(C)(=O)=O)ccc1-c1ccc2c(c1)COC(C1CCN(C(=O)OCc3ccccc3)CC1)O2. The molecule has 9 nitrogen and oxygen atoms in total. The molecular formula is C32H38N2O7S. The number of carbonyl (C=O) groups excluding carboxylic acids is 1. The quantitative estimate of drug-likeness (QED) is 0.342. The first-order chi connectivity index (χ1) is 20.2. The first kappa shape index (κ1) is 29.9. The fourth-order valence-corrected chi connectivity index (χ4v) is 5.77. The fourth-order valence-electron chi connectivity index (χ4n) is 5.13. The number of hydrogen-bond acceptors (Lipinski definition) is 8. The third-order valence-electron chi connectivity index (χ3n) is 7.58. The molecule has 0 bridgehead atoms. The Morgan fingerprint density at radius 1 is 1.02 bits per heavy atom. The molecule has 1 fully saturated rings. The zero-order chi connectivity index (χ0) is 29.7. The van der Waals surface area contributed by atoms with E-state index < -0.39 is 9.84 Å². The van der Waals surface area contributed by atoms with E-state index in [2.05, 4.69) is 0 Å². The van der Waals surface area contributed by atoms with Gasteiger partial charge < -0.3 is 28.7 Å². The maximum Gasteiger partial charge on any atom is 0.410 e. The van der Waals surface area contributed by atoms with Crippen LogP contribution in [-0.4, -0.2) is 77.2 Å². The second-order valence-corrected chi connectivity index (χ2v) is 13.1. The first-order valence-corrected chi connectivity index (χ1v) is 16.1. The van der Waals surface area contributed by atoms with E-state index in [1.54, 1.807) is 23.1 Å². The molecule has 0 saturated carbocycles. The van der Waals surface area contributed by atoms with E-state index in [1.807, 2.05) is 67.5 Å². The van der Waals surface area contributed by atoms with Crippen molar-refractivity contribution in [2.24, 2.45) is 5.92 Å². The molecule has 0 aliphatic carbocycles. The van der Waals surface area contributed by atoms with Crippen LogP contribution in [0.5, 0.6) is 11.5 Å². The van der Waals surface area contributed by atoms with Crippen LogP contribution in [0.25, 0.3) is 11.1 Å². The lowest BCUT2D eigenvalue weighted by atomic mass is 9.95. The molecule has 3 aromatic rings. The molecule has 0 aromatic heterocycles. The summed E-state index contributed by atoms with van der Waals surface area (Å²) in [5, 5.41) is 0. The van der Waals surface area contributed by atoms with Gasteiger partial charge >= 0.3 is 6.09 Å². The molecule has 2 heterocycles. The maximum absolute atomic E-state index is 12.5. The number of likely N-dealkylation sites (N-methyl/N-ethyl adjacent to an activating group) is 1. The van der Waals surface area contributed by atoms with E-state index in [1.165, 1.54) is 6.26 Å². The lowest BCUT2D eigenvalue weighted by molar-refractivity contribution is -0.148.